The Morgan fingerprint density at radius 2 is 1.70 bits per heavy atom. The first-order valence-electron chi connectivity index (χ1n) is 6.76. The van der Waals surface area contributed by atoms with Crippen LogP contribution in [0, 0.1) is 0 Å². The number of amides is 1. The lowest BCUT2D eigenvalue weighted by Gasteiger charge is -2.14. The van der Waals surface area contributed by atoms with Crippen LogP contribution in [-0.4, -0.2) is 29.0 Å². The second-order valence-electron chi connectivity index (χ2n) is 4.79. The first-order chi connectivity index (χ1) is 9.83. The van der Waals surface area contributed by atoms with E-state index in [4.69, 9.17) is 0 Å². The fourth-order valence-corrected chi connectivity index (χ4v) is 2.24. The summed E-state index contributed by atoms with van der Waals surface area (Å²) in [6.07, 6.45) is 5.52. The van der Waals surface area contributed by atoms with Gasteiger partial charge in [-0.3, -0.25) is 4.79 Å². The molecule has 0 radical (unpaired) electrons. The number of para-hydroxylation sites is 1. The molecular formula is C15H16N4O. The van der Waals surface area contributed by atoms with E-state index in [1.807, 2.05) is 30.3 Å². The molecule has 1 aliphatic heterocycles. The van der Waals surface area contributed by atoms with Crippen molar-refractivity contribution in [1.29, 1.82) is 0 Å². The van der Waals surface area contributed by atoms with Gasteiger partial charge in [0.2, 0.25) is 5.95 Å². The smallest absolute Gasteiger partial charge is 0.258 e. The Balaban J connectivity index is 1.69. The molecule has 0 aliphatic carbocycles. The predicted octanol–water partition coefficient (Wildman–Crippen LogP) is 2.33. The molecule has 102 valence electrons. The molecule has 2 heterocycles. The maximum Gasteiger partial charge on any atom is 0.258 e. The minimum atomic E-state index is -0.191. The Morgan fingerprint density at radius 1 is 1.05 bits per heavy atom. The van der Waals surface area contributed by atoms with Crippen LogP contribution >= 0.6 is 0 Å². The van der Waals surface area contributed by atoms with Gasteiger partial charge in [-0.15, -0.1) is 0 Å². The number of carbonyl (C=O) groups is 1. The van der Waals surface area contributed by atoms with E-state index in [0.717, 1.165) is 18.8 Å². The molecule has 5 nitrogen and oxygen atoms in total. The van der Waals surface area contributed by atoms with Crippen LogP contribution in [0.25, 0.3) is 0 Å². The van der Waals surface area contributed by atoms with Crippen molar-refractivity contribution in [2.45, 2.75) is 12.8 Å². The van der Waals surface area contributed by atoms with Gasteiger partial charge in [0.05, 0.1) is 5.56 Å². The Labute approximate surface area is 117 Å². The second-order valence-corrected chi connectivity index (χ2v) is 4.79. The summed E-state index contributed by atoms with van der Waals surface area (Å²) in [5.74, 6) is 0.517. The molecule has 20 heavy (non-hydrogen) atoms. The quantitative estimate of drug-likeness (QED) is 0.928. The Bertz CT molecular complexity index is 577. The molecule has 1 aromatic carbocycles. The number of nitrogens with zero attached hydrogens (tertiary/aromatic N) is 3. The van der Waals surface area contributed by atoms with Gasteiger partial charge in [0, 0.05) is 31.2 Å². The molecule has 3 rings (SSSR count). The zero-order valence-corrected chi connectivity index (χ0v) is 11.1. The van der Waals surface area contributed by atoms with Gasteiger partial charge in [-0.2, -0.15) is 0 Å². The van der Waals surface area contributed by atoms with Crippen molar-refractivity contribution < 1.29 is 4.79 Å². The van der Waals surface area contributed by atoms with Gasteiger partial charge in [0.15, 0.2) is 0 Å². The molecule has 0 bridgehead atoms. The van der Waals surface area contributed by atoms with E-state index < -0.39 is 0 Å². The summed E-state index contributed by atoms with van der Waals surface area (Å²) < 4.78 is 0. The number of hydrogen-bond acceptors (Lipinski definition) is 4. The van der Waals surface area contributed by atoms with Crippen LogP contribution in [-0.2, 0) is 0 Å². The average molecular weight is 268 g/mol. The Morgan fingerprint density at radius 3 is 2.35 bits per heavy atom. The van der Waals surface area contributed by atoms with Crippen LogP contribution in [0.2, 0.25) is 0 Å². The topological polar surface area (TPSA) is 58.1 Å². The highest BCUT2D eigenvalue weighted by Gasteiger charge is 2.15. The van der Waals surface area contributed by atoms with Crippen molar-refractivity contribution in [3.63, 3.8) is 0 Å². The molecule has 1 fully saturated rings. The third-order valence-corrected chi connectivity index (χ3v) is 3.32. The molecule has 2 aromatic rings. The molecule has 5 heteroatoms. The number of rotatable bonds is 3. The number of benzene rings is 1. The van der Waals surface area contributed by atoms with E-state index in [-0.39, 0.29) is 5.91 Å². The van der Waals surface area contributed by atoms with Crippen molar-refractivity contribution in [3.8, 4) is 0 Å². The summed E-state index contributed by atoms with van der Waals surface area (Å²) in [6, 6.07) is 9.35. The molecule has 0 spiro atoms. The number of aromatic nitrogens is 2. The van der Waals surface area contributed by atoms with Crippen LogP contribution in [0.1, 0.15) is 23.2 Å². The summed E-state index contributed by atoms with van der Waals surface area (Å²) in [5, 5.41) is 2.81. The van der Waals surface area contributed by atoms with Crippen LogP contribution in [0.5, 0.6) is 0 Å². The molecule has 0 unspecified atom stereocenters. The van der Waals surface area contributed by atoms with Gasteiger partial charge < -0.3 is 10.2 Å². The predicted molar refractivity (Wildman–Crippen MR) is 77.9 cm³/mol. The van der Waals surface area contributed by atoms with Crippen LogP contribution in [0.15, 0.2) is 42.7 Å². The molecule has 1 amide bonds. The highest BCUT2D eigenvalue weighted by atomic mass is 16.1. The van der Waals surface area contributed by atoms with E-state index in [1.54, 1.807) is 12.4 Å². The second kappa shape index (κ2) is 5.69. The molecular weight excluding hydrogens is 252 g/mol. The van der Waals surface area contributed by atoms with Gasteiger partial charge in [0.1, 0.15) is 0 Å². The van der Waals surface area contributed by atoms with Gasteiger partial charge in [0.25, 0.3) is 5.91 Å². The fourth-order valence-electron chi connectivity index (χ4n) is 2.24. The van der Waals surface area contributed by atoms with E-state index in [9.17, 15) is 4.79 Å². The molecule has 1 N–H and O–H groups in total. The first kappa shape index (κ1) is 12.6. The summed E-state index contributed by atoms with van der Waals surface area (Å²) in [5.41, 5.74) is 1.23. The highest BCUT2D eigenvalue weighted by Crippen LogP contribution is 2.15. The molecule has 0 atom stereocenters. The lowest BCUT2D eigenvalue weighted by molar-refractivity contribution is 0.102. The molecule has 1 saturated heterocycles. The van der Waals surface area contributed by atoms with Crippen LogP contribution < -0.4 is 10.2 Å². The van der Waals surface area contributed by atoms with E-state index >= 15 is 0 Å². The number of nitrogens with one attached hydrogen (secondary N) is 1. The Hall–Kier alpha value is -2.43. The van der Waals surface area contributed by atoms with Crippen LogP contribution in [0.3, 0.4) is 0 Å². The zero-order valence-electron chi connectivity index (χ0n) is 11.1. The van der Waals surface area contributed by atoms with Gasteiger partial charge in [-0.1, -0.05) is 18.2 Å². The van der Waals surface area contributed by atoms with Crippen molar-refractivity contribution in [2.75, 3.05) is 23.3 Å². The molecule has 1 aromatic heterocycles. The van der Waals surface area contributed by atoms with E-state index in [0.29, 0.717) is 11.5 Å². The number of anilines is 2. The minimum absolute atomic E-state index is 0.191. The average Bonchev–Trinajstić information content (AvgIpc) is 3.03. The lowest BCUT2D eigenvalue weighted by atomic mass is 10.3. The zero-order chi connectivity index (χ0) is 13.8. The van der Waals surface area contributed by atoms with E-state index in [2.05, 4.69) is 20.2 Å². The maximum atomic E-state index is 12.0. The van der Waals surface area contributed by atoms with E-state index in [1.165, 1.54) is 12.8 Å². The van der Waals surface area contributed by atoms with Gasteiger partial charge in [-0.25, -0.2) is 9.97 Å². The standard InChI is InChI=1S/C15H16N4O/c20-14(18-13-6-2-1-3-7-13)12-10-16-15(17-11-12)19-8-4-5-9-19/h1-3,6-7,10-11H,4-5,8-9H2,(H,18,20). The molecule has 1 aliphatic rings. The van der Waals surface area contributed by atoms with Crippen molar-refractivity contribution in [1.82, 2.24) is 9.97 Å². The fraction of sp³-hybridized carbons (Fsp3) is 0.267. The monoisotopic (exact) mass is 268 g/mol. The third kappa shape index (κ3) is 2.77. The van der Waals surface area contributed by atoms with Crippen molar-refractivity contribution >= 4 is 17.5 Å². The summed E-state index contributed by atoms with van der Waals surface area (Å²) in [6.45, 7) is 1.99. The van der Waals surface area contributed by atoms with Gasteiger partial charge >= 0.3 is 0 Å². The third-order valence-electron chi connectivity index (χ3n) is 3.32. The summed E-state index contributed by atoms with van der Waals surface area (Å²) in [4.78, 5) is 22.7. The SMILES string of the molecule is O=C(Nc1ccccc1)c1cnc(N2CCCC2)nc1. The maximum absolute atomic E-state index is 12.0. The highest BCUT2D eigenvalue weighted by molar-refractivity contribution is 6.03. The number of carbonyl (C=O) groups excluding carboxylic acids is 1. The largest absolute Gasteiger partial charge is 0.341 e. The van der Waals surface area contributed by atoms with Crippen LogP contribution in [0.4, 0.5) is 11.6 Å². The van der Waals surface area contributed by atoms with Gasteiger partial charge in [-0.05, 0) is 25.0 Å². The summed E-state index contributed by atoms with van der Waals surface area (Å²) in [7, 11) is 0. The minimum Gasteiger partial charge on any atom is -0.341 e. The number of hydrogen-bond donors (Lipinski definition) is 1. The Kier molecular flexibility index (Phi) is 3.58. The first-order valence-corrected chi connectivity index (χ1v) is 6.76. The van der Waals surface area contributed by atoms with Crippen molar-refractivity contribution in [2.24, 2.45) is 0 Å². The molecule has 0 saturated carbocycles. The summed E-state index contributed by atoms with van der Waals surface area (Å²) >= 11 is 0. The van der Waals surface area contributed by atoms with Crippen molar-refractivity contribution in [3.05, 3.63) is 48.3 Å². The lowest BCUT2D eigenvalue weighted by Crippen LogP contribution is -2.21. The normalized spacial score (nSPS) is 14.3.